The number of nitrogens with zero attached hydrogens (tertiary/aromatic N) is 1. The van der Waals surface area contributed by atoms with E-state index in [1.807, 2.05) is 13.8 Å². The van der Waals surface area contributed by atoms with Crippen molar-refractivity contribution in [2.24, 2.45) is 0 Å². The normalized spacial score (nSPS) is 13.9. The molecule has 0 aromatic heterocycles. The number of nitrogens with one attached hydrogen (secondary N) is 2. The van der Waals surface area contributed by atoms with Crippen LogP contribution in [0.25, 0.3) is 0 Å². The topological polar surface area (TPSA) is 61.4 Å². The first kappa shape index (κ1) is 15.3. The zero-order chi connectivity index (χ0) is 15.4. The molecule has 1 aliphatic heterocycles. The average Bonchev–Trinajstić information content (AvgIpc) is 2.46. The number of halogens is 1. The second kappa shape index (κ2) is 6.56. The molecule has 1 aromatic carbocycles. The minimum atomic E-state index is -0.355. The summed E-state index contributed by atoms with van der Waals surface area (Å²) < 4.78 is 13.2. The van der Waals surface area contributed by atoms with Crippen molar-refractivity contribution in [2.75, 3.05) is 11.9 Å². The molecule has 0 aliphatic carbocycles. The summed E-state index contributed by atoms with van der Waals surface area (Å²) in [5.41, 5.74) is 1.27. The third-order valence-electron chi connectivity index (χ3n) is 3.64. The van der Waals surface area contributed by atoms with Crippen LogP contribution in [0.3, 0.4) is 0 Å². The number of anilines is 1. The number of benzene rings is 1. The van der Waals surface area contributed by atoms with Crippen LogP contribution in [-0.4, -0.2) is 29.4 Å². The Morgan fingerprint density at radius 3 is 2.81 bits per heavy atom. The third kappa shape index (κ3) is 3.71. The highest BCUT2D eigenvalue weighted by atomic mass is 19.1. The lowest BCUT2D eigenvalue weighted by molar-refractivity contribution is -0.122. The first-order valence-electron chi connectivity index (χ1n) is 7.17. The molecule has 0 unspecified atom stereocenters. The fourth-order valence-corrected chi connectivity index (χ4v) is 2.35. The zero-order valence-electron chi connectivity index (χ0n) is 12.3. The Morgan fingerprint density at radius 1 is 1.43 bits per heavy atom. The number of amides is 3. The Morgan fingerprint density at radius 2 is 2.14 bits per heavy atom. The van der Waals surface area contributed by atoms with Gasteiger partial charge in [0, 0.05) is 11.7 Å². The number of carbonyl (C=O) groups excluding carboxylic acids is 2. The molecule has 0 bridgehead atoms. The lowest BCUT2D eigenvalue weighted by Crippen LogP contribution is -2.46. The van der Waals surface area contributed by atoms with Crippen molar-refractivity contribution in [1.82, 2.24) is 10.2 Å². The number of carbonyl (C=O) groups is 2. The van der Waals surface area contributed by atoms with Gasteiger partial charge < -0.3 is 15.5 Å². The summed E-state index contributed by atoms with van der Waals surface area (Å²) in [6.45, 7) is 4.20. The molecule has 5 nitrogen and oxygen atoms in total. The maximum absolute atomic E-state index is 13.2. The lowest BCUT2D eigenvalue weighted by atomic mass is 10.1. The number of hydrogen-bond donors (Lipinski definition) is 2. The van der Waals surface area contributed by atoms with Crippen molar-refractivity contribution in [3.8, 4) is 0 Å². The van der Waals surface area contributed by atoms with Gasteiger partial charge in [0.2, 0.25) is 5.91 Å². The second-order valence-corrected chi connectivity index (χ2v) is 5.17. The Labute approximate surface area is 123 Å². The number of rotatable bonds is 5. The van der Waals surface area contributed by atoms with Crippen LogP contribution in [0.5, 0.6) is 0 Å². The van der Waals surface area contributed by atoms with Crippen LogP contribution in [0.2, 0.25) is 0 Å². The van der Waals surface area contributed by atoms with E-state index in [1.165, 1.54) is 23.1 Å². The molecule has 6 heteroatoms. The Balaban J connectivity index is 2.01. The SMILES string of the molecule is CCC(CC)NC(=O)CN1Cc2cc(F)ccc2NC1=O. The molecule has 2 rings (SSSR count). The smallest absolute Gasteiger partial charge is 0.322 e. The van der Waals surface area contributed by atoms with E-state index >= 15 is 0 Å². The van der Waals surface area contributed by atoms with Crippen LogP contribution in [0, 0.1) is 5.82 Å². The molecule has 0 fully saturated rings. The van der Waals surface area contributed by atoms with Crippen molar-refractivity contribution in [3.63, 3.8) is 0 Å². The summed E-state index contributed by atoms with van der Waals surface area (Å²) in [6.07, 6.45) is 1.70. The van der Waals surface area contributed by atoms with Crippen molar-refractivity contribution in [1.29, 1.82) is 0 Å². The molecule has 0 atom stereocenters. The van der Waals surface area contributed by atoms with E-state index < -0.39 is 0 Å². The summed E-state index contributed by atoms with van der Waals surface area (Å²) in [7, 11) is 0. The van der Waals surface area contributed by atoms with Gasteiger partial charge in [0.1, 0.15) is 12.4 Å². The molecular weight excluding hydrogens is 273 g/mol. The van der Waals surface area contributed by atoms with Gasteiger partial charge >= 0.3 is 6.03 Å². The second-order valence-electron chi connectivity index (χ2n) is 5.17. The molecule has 0 radical (unpaired) electrons. The fourth-order valence-electron chi connectivity index (χ4n) is 2.35. The molecule has 21 heavy (non-hydrogen) atoms. The van der Waals surface area contributed by atoms with Gasteiger partial charge in [-0.25, -0.2) is 9.18 Å². The number of hydrogen-bond acceptors (Lipinski definition) is 2. The minimum absolute atomic E-state index is 0.0295. The van der Waals surface area contributed by atoms with E-state index in [4.69, 9.17) is 0 Å². The van der Waals surface area contributed by atoms with Crippen molar-refractivity contribution < 1.29 is 14.0 Å². The zero-order valence-corrected chi connectivity index (χ0v) is 12.3. The van der Waals surface area contributed by atoms with Crippen LogP contribution < -0.4 is 10.6 Å². The van der Waals surface area contributed by atoms with Gasteiger partial charge in [0.15, 0.2) is 0 Å². The van der Waals surface area contributed by atoms with Crippen LogP contribution in [0.15, 0.2) is 18.2 Å². The Bertz CT molecular complexity index is 544. The summed E-state index contributed by atoms with van der Waals surface area (Å²) in [5, 5.41) is 5.55. The molecule has 2 N–H and O–H groups in total. The quantitative estimate of drug-likeness (QED) is 0.876. The van der Waals surface area contributed by atoms with Gasteiger partial charge in [-0.1, -0.05) is 13.8 Å². The lowest BCUT2D eigenvalue weighted by Gasteiger charge is -2.29. The Hall–Kier alpha value is -2.11. The van der Waals surface area contributed by atoms with E-state index in [1.54, 1.807) is 0 Å². The standard InChI is InChI=1S/C15H20FN3O2/c1-3-12(4-2)17-14(20)9-19-8-10-7-11(16)5-6-13(10)18-15(19)21/h5-7,12H,3-4,8-9H2,1-2H3,(H,17,20)(H,18,21). The highest BCUT2D eigenvalue weighted by molar-refractivity contribution is 5.94. The van der Waals surface area contributed by atoms with Crippen LogP contribution in [-0.2, 0) is 11.3 Å². The van der Waals surface area contributed by atoms with E-state index in [0.717, 1.165) is 12.8 Å². The summed E-state index contributed by atoms with van der Waals surface area (Å²) in [5.74, 6) is -0.551. The van der Waals surface area contributed by atoms with Gasteiger partial charge in [-0.2, -0.15) is 0 Å². The van der Waals surface area contributed by atoms with Crippen molar-refractivity contribution in [3.05, 3.63) is 29.6 Å². The van der Waals surface area contributed by atoms with Crippen molar-refractivity contribution >= 4 is 17.6 Å². The van der Waals surface area contributed by atoms with E-state index in [0.29, 0.717) is 11.3 Å². The van der Waals surface area contributed by atoms with Gasteiger partial charge in [-0.05, 0) is 36.6 Å². The number of fused-ring (bicyclic) bond motifs is 1. The molecule has 114 valence electrons. The van der Waals surface area contributed by atoms with E-state index in [9.17, 15) is 14.0 Å². The number of urea groups is 1. The summed E-state index contributed by atoms with van der Waals surface area (Å²) in [6, 6.07) is 3.99. The first-order valence-corrected chi connectivity index (χ1v) is 7.17. The fraction of sp³-hybridized carbons (Fsp3) is 0.467. The summed E-state index contributed by atoms with van der Waals surface area (Å²) >= 11 is 0. The molecule has 0 saturated carbocycles. The van der Waals surface area contributed by atoms with Crippen LogP contribution in [0.1, 0.15) is 32.3 Å². The van der Waals surface area contributed by atoms with Crippen LogP contribution in [0.4, 0.5) is 14.9 Å². The van der Waals surface area contributed by atoms with E-state index in [-0.39, 0.29) is 36.9 Å². The largest absolute Gasteiger partial charge is 0.352 e. The minimum Gasteiger partial charge on any atom is -0.352 e. The van der Waals surface area contributed by atoms with Gasteiger partial charge in [0.05, 0.1) is 6.54 Å². The Kier molecular flexibility index (Phi) is 4.77. The van der Waals surface area contributed by atoms with Gasteiger partial charge in [0.25, 0.3) is 0 Å². The predicted octanol–water partition coefficient (Wildman–Crippen LogP) is 2.48. The molecule has 0 saturated heterocycles. The first-order chi connectivity index (χ1) is 10.0. The predicted molar refractivity (Wildman–Crippen MR) is 78.3 cm³/mol. The van der Waals surface area contributed by atoms with Crippen LogP contribution >= 0.6 is 0 Å². The van der Waals surface area contributed by atoms with Gasteiger partial charge in [-0.3, -0.25) is 4.79 Å². The molecule has 1 aliphatic rings. The molecule has 1 heterocycles. The van der Waals surface area contributed by atoms with Gasteiger partial charge in [-0.15, -0.1) is 0 Å². The highest BCUT2D eigenvalue weighted by Crippen LogP contribution is 2.23. The molecule has 0 spiro atoms. The highest BCUT2D eigenvalue weighted by Gasteiger charge is 2.25. The maximum Gasteiger partial charge on any atom is 0.322 e. The van der Waals surface area contributed by atoms with Crippen molar-refractivity contribution in [2.45, 2.75) is 39.3 Å². The molecule has 3 amide bonds. The molecule has 1 aromatic rings. The van der Waals surface area contributed by atoms with E-state index in [2.05, 4.69) is 10.6 Å². The third-order valence-corrected chi connectivity index (χ3v) is 3.64. The maximum atomic E-state index is 13.2. The average molecular weight is 293 g/mol. The molecular formula is C15H20FN3O2. The summed E-state index contributed by atoms with van der Waals surface area (Å²) in [4.78, 5) is 25.3. The monoisotopic (exact) mass is 293 g/mol.